The molecule has 0 fully saturated rings. The lowest BCUT2D eigenvalue weighted by atomic mass is 10.0. The minimum atomic E-state index is -0.987. The molecule has 6 heteroatoms. The number of benzene rings is 1. The molecule has 0 spiro atoms. The molecule has 0 amide bonds. The summed E-state index contributed by atoms with van der Waals surface area (Å²) in [4.78, 5) is 7.65. The lowest BCUT2D eigenvalue weighted by molar-refractivity contribution is 0.176. The number of allylic oxidation sites excluding steroid dienone is 2. The fourth-order valence-electron chi connectivity index (χ4n) is 2.04. The third-order valence-corrected chi connectivity index (χ3v) is 3.38. The van der Waals surface area contributed by atoms with Crippen molar-refractivity contribution in [3.63, 3.8) is 0 Å². The molecule has 1 heterocycles. The Morgan fingerprint density at radius 1 is 1.26 bits per heavy atom. The fraction of sp³-hybridized carbons (Fsp3) is 0.294. The molecule has 0 unspecified atom stereocenters. The second-order valence-corrected chi connectivity index (χ2v) is 5.18. The first kappa shape index (κ1) is 17.2. The number of hydrogen-bond donors (Lipinski definition) is 0. The Bertz CT molecular complexity index is 675. The zero-order chi connectivity index (χ0) is 16.7. The minimum absolute atomic E-state index is 0.0156. The topological polar surface area (TPSA) is 44.2 Å². The zero-order valence-electron chi connectivity index (χ0n) is 13.1. The molecular formula is C17H18ClFN2O2. The summed E-state index contributed by atoms with van der Waals surface area (Å²) in [6.45, 7) is 3.47. The molecule has 0 radical (unpaired) electrons. The molecule has 4 nitrogen and oxygen atoms in total. The summed E-state index contributed by atoms with van der Waals surface area (Å²) in [6, 6.07) is 8.01. The standard InChI is InChI=1S/C17H18ClFN2O2/c1-3-4-12(2)14-7-5-13(6-8-14)10-22-16-15(23-11-19)9-20-17(18)21-16/h4-9H,3,10-11H2,1-2H3. The number of alkyl halides is 1. The van der Waals surface area contributed by atoms with Gasteiger partial charge in [-0.25, -0.2) is 9.37 Å². The van der Waals surface area contributed by atoms with Crippen molar-refractivity contribution < 1.29 is 13.9 Å². The van der Waals surface area contributed by atoms with Crippen LogP contribution in [0.1, 0.15) is 31.4 Å². The van der Waals surface area contributed by atoms with E-state index in [1.807, 2.05) is 24.3 Å². The Kier molecular flexibility index (Phi) is 6.35. The molecule has 0 aliphatic carbocycles. The van der Waals surface area contributed by atoms with Crippen molar-refractivity contribution in [2.24, 2.45) is 0 Å². The number of nitrogens with zero attached hydrogens (tertiary/aromatic N) is 2. The third-order valence-electron chi connectivity index (χ3n) is 3.20. The van der Waals surface area contributed by atoms with Crippen molar-refractivity contribution >= 4 is 17.2 Å². The molecule has 23 heavy (non-hydrogen) atoms. The summed E-state index contributed by atoms with van der Waals surface area (Å²) in [7, 11) is 0. The molecular weight excluding hydrogens is 319 g/mol. The van der Waals surface area contributed by atoms with Crippen molar-refractivity contribution in [3.05, 3.63) is 52.9 Å². The summed E-state index contributed by atoms with van der Waals surface area (Å²) in [5, 5.41) is 0.0156. The highest BCUT2D eigenvalue weighted by Crippen LogP contribution is 2.26. The molecule has 0 bridgehead atoms. The molecule has 0 aliphatic heterocycles. The maximum absolute atomic E-state index is 12.3. The summed E-state index contributed by atoms with van der Waals surface area (Å²) in [5.41, 5.74) is 3.36. The summed E-state index contributed by atoms with van der Waals surface area (Å²) >= 11 is 5.73. The number of ether oxygens (including phenoxy) is 2. The number of aromatic nitrogens is 2. The second kappa shape index (κ2) is 8.48. The first-order valence-electron chi connectivity index (χ1n) is 7.24. The Labute approximate surface area is 139 Å². The van der Waals surface area contributed by atoms with Crippen LogP contribution in [0.5, 0.6) is 11.6 Å². The molecule has 0 saturated carbocycles. The van der Waals surface area contributed by atoms with Gasteiger partial charge in [-0.05, 0) is 41.6 Å². The number of rotatable bonds is 7. The normalized spacial score (nSPS) is 11.4. The molecule has 0 N–H and O–H groups in total. The maximum atomic E-state index is 12.3. The van der Waals surface area contributed by atoms with Gasteiger partial charge in [0, 0.05) is 0 Å². The lowest BCUT2D eigenvalue weighted by Crippen LogP contribution is -2.02. The average Bonchev–Trinajstić information content (AvgIpc) is 2.56. The first-order chi connectivity index (χ1) is 11.1. The van der Waals surface area contributed by atoms with E-state index in [0.29, 0.717) is 0 Å². The minimum Gasteiger partial charge on any atom is -0.470 e. The van der Waals surface area contributed by atoms with Gasteiger partial charge in [-0.15, -0.1) is 0 Å². The van der Waals surface area contributed by atoms with E-state index in [2.05, 4.69) is 29.9 Å². The SMILES string of the molecule is CCC=C(C)c1ccc(COc2nc(Cl)ncc2OCF)cc1. The largest absolute Gasteiger partial charge is 0.470 e. The van der Waals surface area contributed by atoms with Gasteiger partial charge in [-0.3, -0.25) is 0 Å². The van der Waals surface area contributed by atoms with Crippen LogP contribution < -0.4 is 9.47 Å². The number of hydrogen-bond acceptors (Lipinski definition) is 4. The summed E-state index contributed by atoms with van der Waals surface area (Å²) in [5.74, 6) is 0.240. The third kappa shape index (κ3) is 4.93. The Morgan fingerprint density at radius 3 is 2.65 bits per heavy atom. The van der Waals surface area contributed by atoms with E-state index in [0.717, 1.165) is 12.0 Å². The van der Waals surface area contributed by atoms with Crippen LogP contribution in [0.3, 0.4) is 0 Å². The molecule has 2 aromatic rings. The summed E-state index contributed by atoms with van der Waals surface area (Å²) in [6.07, 6.45) is 4.46. The quantitative estimate of drug-likeness (QED) is 0.679. The summed E-state index contributed by atoms with van der Waals surface area (Å²) < 4.78 is 22.7. The van der Waals surface area contributed by atoms with Crippen LogP contribution in [0.4, 0.5) is 4.39 Å². The molecule has 2 rings (SSSR count). The van der Waals surface area contributed by atoms with Crippen LogP contribution in [0, 0.1) is 0 Å². The van der Waals surface area contributed by atoms with Gasteiger partial charge in [0.1, 0.15) is 6.61 Å². The Morgan fingerprint density at radius 2 is 2.00 bits per heavy atom. The van der Waals surface area contributed by atoms with Crippen molar-refractivity contribution in [2.45, 2.75) is 26.9 Å². The van der Waals surface area contributed by atoms with Gasteiger partial charge in [0.25, 0.3) is 5.88 Å². The molecule has 1 aromatic carbocycles. The fourth-order valence-corrected chi connectivity index (χ4v) is 2.16. The van der Waals surface area contributed by atoms with Crippen molar-refractivity contribution in [1.82, 2.24) is 9.97 Å². The smallest absolute Gasteiger partial charge is 0.261 e. The van der Waals surface area contributed by atoms with Gasteiger partial charge < -0.3 is 9.47 Å². The van der Waals surface area contributed by atoms with Crippen LogP contribution in [-0.2, 0) is 6.61 Å². The monoisotopic (exact) mass is 336 g/mol. The highest BCUT2D eigenvalue weighted by atomic mass is 35.5. The highest BCUT2D eigenvalue weighted by Gasteiger charge is 2.10. The van der Waals surface area contributed by atoms with Crippen LogP contribution in [0.15, 0.2) is 36.5 Å². The van der Waals surface area contributed by atoms with E-state index >= 15 is 0 Å². The van der Waals surface area contributed by atoms with Gasteiger partial charge in [-0.2, -0.15) is 4.98 Å². The predicted molar refractivity (Wildman–Crippen MR) is 88.4 cm³/mol. The molecule has 0 saturated heterocycles. The van der Waals surface area contributed by atoms with E-state index in [4.69, 9.17) is 21.1 Å². The van der Waals surface area contributed by atoms with Gasteiger partial charge in [0.2, 0.25) is 17.9 Å². The zero-order valence-corrected chi connectivity index (χ0v) is 13.8. The van der Waals surface area contributed by atoms with Crippen molar-refractivity contribution in [2.75, 3.05) is 6.86 Å². The molecule has 1 aromatic heterocycles. The van der Waals surface area contributed by atoms with E-state index in [9.17, 15) is 4.39 Å². The maximum Gasteiger partial charge on any atom is 0.261 e. The van der Waals surface area contributed by atoms with Crippen LogP contribution in [0.2, 0.25) is 5.28 Å². The van der Waals surface area contributed by atoms with Crippen LogP contribution in [0.25, 0.3) is 5.57 Å². The van der Waals surface area contributed by atoms with E-state index in [1.165, 1.54) is 17.3 Å². The van der Waals surface area contributed by atoms with Gasteiger partial charge >= 0.3 is 0 Å². The lowest BCUT2D eigenvalue weighted by Gasteiger charge is -2.10. The van der Waals surface area contributed by atoms with E-state index < -0.39 is 6.86 Å². The predicted octanol–water partition coefficient (Wildman–Crippen LogP) is 4.83. The van der Waals surface area contributed by atoms with Gasteiger partial charge in [0.05, 0.1) is 6.20 Å². The van der Waals surface area contributed by atoms with Gasteiger partial charge in [0.15, 0.2) is 0 Å². The average molecular weight is 337 g/mol. The van der Waals surface area contributed by atoms with E-state index in [-0.39, 0.29) is 23.5 Å². The highest BCUT2D eigenvalue weighted by molar-refractivity contribution is 6.28. The van der Waals surface area contributed by atoms with E-state index in [1.54, 1.807) is 0 Å². The van der Waals surface area contributed by atoms with Crippen LogP contribution in [-0.4, -0.2) is 16.8 Å². The molecule has 0 atom stereocenters. The van der Waals surface area contributed by atoms with Crippen molar-refractivity contribution in [3.8, 4) is 11.6 Å². The van der Waals surface area contributed by atoms with Crippen LogP contribution >= 0.6 is 11.6 Å². The Hall–Kier alpha value is -2.14. The first-order valence-corrected chi connectivity index (χ1v) is 7.62. The Balaban J connectivity index is 2.06. The molecule has 0 aliphatic rings. The number of halogens is 2. The van der Waals surface area contributed by atoms with Gasteiger partial charge in [-0.1, -0.05) is 37.3 Å². The van der Waals surface area contributed by atoms with Crippen molar-refractivity contribution in [1.29, 1.82) is 0 Å². The second-order valence-electron chi connectivity index (χ2n) is 4.84. The molecule has 122 valence electrons.